The summed E-state index contributed by atoms with van der Waals surface area (Å²) >= 11 is 0. The van der Waals surface area contributed by atoms with E-state index in [1.54, 1.807) is 0 Å². The van der Waals surface area contributed by atoms with Crippen LogP contribution >= 0.6 is 0 Å². The summed E-state index contributed by atoms with van der Waals surface area (Å²) in [5, 5.41) is 0. The van der Waals surface area contributed by atoms with E-state index in [0.29, 0.717) is 11.1 Å². The number of alkyl halides is 3. The number of halogens is 4. The van der Waals surface area contributed by atoms with Crippen molar-refractivity contribution in [2.24, 2.45) is 5.73 Å². The molecular weight excluding hydrogens is 274 g/mol. The minimum atomic E-state index is -4.78. The lowest BCUT2D eigenvalue weighted by atomic mass is 10.0. The highest BCUT2D eigenvalue weighted by atomic mass is 19.4. The van der Waals surface area contributed by atoms with E-state index in [1.165, 1.54) is 30.3 Å². The Morgan fingerprint density at radius 2 is 1.80 bits per heavy atom. The van der Waals surface area contributed by atoms with E-state index in [4.69, 9.17) is 5.73 Å². The topological polar surface area (TPSA) is 35.2 Å². The van der Waals surface area contributed by atoms with Crippen LogP contribution in [0.3, 0.4) is 0 Å². The smallest absolute Gasteiger partial charge is 0.406 e. The molecule has 0 heterocycles. The predicted octanol–water partition coefficient (Wildman–Crippen LogP) is 3.85. The van der Waals surface area contributed by atoms with E-state index in [1.807, 2.05) is 0 Å². The molecule has 0 amide bonds. The van der Waals surface area contributed by atoms with Crippen LogP contribution in [0.15, 0.2) is 42.5 Å². The van der Waals surface area contributed by atoms with Crippen molar-refractivity contribution in [3.63, 3.8) is 0 Å². The minimum Gasteiger partial charge on any atom is -0.406 e. The highest BCUT2D eigenvalue weighted by Gasteiger charge is 2.31. The summed E-state index contributed by atoms with van der Waals surface area (Å²) in [4.78, 5) is 0. The fourth-order valence-electron chi connectivity index (χ4n) is 1.78. The van der Waals surface area contributed by atoms with Crippen molar-refractivity contribution in [2.45, 2.75) is 12.9 Å². The van der Waals surface area contributed by atoms with E-state index in [9.17, 15) is 17.6 Å². The predicted molar refractivity (Wildman–Crippen MR) is 66.4 cm³/mol. The Bertz CT molecular complexity index is 610. The lowest BCUT2D eigenvalue weighted by molar-refractivity contribution is -0.274. The van der Waals surface area contributed by atoms with E-state index >= 15 is 0 Å². The van der Waals surface area contributed by atoms with Crippen LogP contribution in [-0.2, 0) is 6.54 Å². The maximum Gasteiger partial charge on any atom is 0.573 e. The normalized spacial score (nSPS) is 11.4. The molecule has 0 saturated carbocycles. The quantitative estimate of drug-likeness (QED) is 0.869. The second-order valence-electron chi connectivity index (χ2n) is 4.09. The Balaban J connectivity index is 2.40. The first-order valence-electron chi connectivity index (χ1n) is 5.74. The number of ether oxygens (including phenoxy) is 1. The van der Waals surface area contributed by atoms with Gasteiger partial charge in [-0.2, -0.15) is 0 Å². The number of hydrogen-bond acceptors (Lipinski definition) is 2. The average Bonchev–Trinajstić information content (AvgIpc) is 2.37. The Hall–Kier alpha value is -2.08. The van der Waals surface area contributed by atoms with Gasteiger partial charge in [0.1, 0.15) is 11.6 Å². The molecule has 106 valence electrons. The molecule has 0 saturated heterocycles. The summed E-state index contributed by atoms with van der Waals surface area (Å²) in [5.74, 6) is -0.932. The molecule has 0 fully saturated rings. The average molecular weight is 285 g/mol. The van der Waals surface area contributed by atoms with Crippen molar-refractivity contribution in [1.82, 2.24) is 0 Å². The number of nitrogens with two attached hydrogens (primary N) is 1. The molecule has 0 radical (unpaired) electrons. The van der Waals surface area contributed by atoms with Gasteiger partial charge < -0.3 is 10.5 Å². The van der Waals surface area contributed by atoms with Crippen molar-refractivity contribution in [1.29, 1.82) is 0 Å². The maximum absolute atomic E-state index is 13.8. The molecule has 2 aromatic rings. The molecule has 2 N–H and O–H groups in total. The summed E-state index contributed by atoms with van der Waals surface area (Å²) in [6, 6.07) is 9.41. The van der Waals surface area contributed by atoms with Gasteiger partial charge in [-0.15, -0.1) is 13.2 Å². The third kappa shape index (κ3) is 3.48. The van der Waals surface area contributed by atoms with E-state index in [2.05, 4.69) is 4.74 Å². The minimum absolute atomic E-state index is 0.181. The number of hydrogen-bond donors (Lipinski definition) is 1. The second kappa shape index (κ2) is 5.50. The van der Waals surface area contributed by atoms with Gasteiger partial charge in [-0.3, -0.25) is 0 Å². The van der Waals surface area contributed by atoms with Gasteiger partial charge in [0.25, 0.3) is 0 Å². The molecule has 0 bridgehead atoms. The molecule has 2 aromatic carbocycles. The molecule has 20 heavy (non-hydrogen) atoms. The van der Waals surface area contributed by atoms with Gasteiger partial charge in [-0.05, 0) is 35.4 Å². The van der Waals surface area contributed by atoms with E-state index in [0.717, 1.165) is 12.1 Å². The van der Waals surface area contributed by atoms with Gasteiger partial charge in [0, 0.05) is 12.1 Å². The van der Waals surface area contributed by atoms with Crippen LogP contribution in [0.5, 0.6) is 5.75 Å². The Morgan fingerprint density at radius 3 is 2.45 bits per heavy atom. The van der Waals surface area contributed by atoms with E-state index in [-0.39, 0.29) is 12.1 Å². The highest BCUT2D eigenvalue weighted by molar-refractivity contribution is 5.66. The lowest BCUT2D eigenvalue weighted by Gasteiger charge is -2.11. The molecule has 0 atom stereocenters. The lowest BCUT2D eigenvalue weighted by Crippen LogP contribution is -2.17. The molecule has 2 rings (SSSR count). The van der Waals surface area contributed by atoms with Gasteiger partial charge in [-0.1, -0.05) is 18.2 Å². The number of benzene rings is 2. The summed E-state index contributed by atoms with van der Waals surface area (Å²) in [7, 11) is 0. The van der Waals surface area contributed by atoms with Crippen LogP contribution in [0.25, 0.3) is 11.1 Å². The third-order valence-corrected chi connectivity index (χ3v) is 2.65. The maximum atomic E-state index is 13.8. The van der Waals surface area contributed by atoms with Crippen molar-refractivity contribution in [3.05, 3.63) is 53.8 Å². The van der Waals surface area contributed by atoms with Crippen LogP contribution in [0, 0.1) is 5.82 Å². The SMILES string of the molecule is NCc1ccc(F)c(-c2cccc(OC(F)(F)F)c2)c1. The molecule has 0 unspecified atom stereocenters. The monoisotopic (exact) mass is 285 g/mol. The van der Waals surface area contributed by atoms with Gasteiger partial charge in [0.15, 0.2) is 0 Å². The van der Waals surface area contributed by atoms with Crippen molar-refractivity contribution in [3.8, 4) is 16.9 Å². The Morgan fingerprint density at radius 1 is 1.05 bits per heavy atom. The summed E-state index contributed by atoms with van der Waals surface area (Å²) in [6.07, 6.45) is -4.78. The molecule has 0 aliphatic carbocycles. The van der Waals surface area contributed by atoms with Gasteiger partial charge in [-0.25, -0.2) is 4.39 Å². The largest absolute Gasteiger partial charge is 0.573 e. The molecule has 0 spiro atoms. The first-order chi connectivity index (χ1) is 9.39. The van der Waals surface area contributed by atoms with Crippen LogP contribution in [0.2, 0.25) is 0 Å². The van der Waals surface area contributed by atoms with Crippen molar-refractivity contribution in [2.75, 3.05) is 0 Å². The van der Waals surface area contributed by atoms with E-state index < -0.39 is 17.9 Å². The Labute approximate surface area is 112 Å². The van der Waals surface area contributed by atoms with Crippen LogP contribution < -0.4 is 10.5 Å². The number of rotatable bonds is 3. The summed E-state index contributed by atoms with van der Waals surface area (Å²) in [6.45, 7) is 0.214. The van der Waals surface area contributed by atoms with Gasteiger partial charge in [0.05, 0.1) is 0 Å². The first kappa shape index (κ1) is 14.3. The van der Waals surface area contributed by atoms with Crippen LogP contribution in [0.1, 0.15) is 5.56 Å². The van der Waals surface area contributed by atoms with Crippen molar-refractivity contribution >= 4 is 0 Å². The summed E-state index contributed by atoms with van der Waals surface area (Å²) < 4.78 is 54.1. The standard InChI is InChI=1S/C14H11F4NO/c15-13-5-4-9(8-19)6-12(13)10-2-1-3-11(7-10)20-14(16,17)18/h1-7H,8,19H2. The van der Waals surface area contributed by atoms with Crippen LogP contribution in [-0.4, -0.2) is 6.36 Å². The fourth-order valence-corrected chi connectivity index (χ4v) is 1.78. The summed E-state index contributed by atoms with van der Waals surface area (Å²) in [5.41, 5.74) is 6.62. The fraction of sp³-hybridized carbons (Fsp3) is 0.143. The third-order valence-electron chi connectivity index (χ3n) is 2.65. The first-order valence-corrected chi connectivity index (χ1v) is 5.74. The second-order valence-corrected chi connectivity index (χ2v) is 4.09. The molecule has 2 nitrogen and oxygen atoms in total. The highest BCUT2D eigenvalue weighted by Crippen LogP contribution is 2.29. The van der Waals surface area contributed by atoms with Gasteiger partial charge >= 0.3 is 6.36 Å². The van der Waals surface area contributed by atoms with Gasteiger partial charge in [0.2, 0.25) is 0 Å². The zero-order chi connectivity index (χ0) is 14.8. The molecule has 0 aliphatic heterocycles. The molecule has 0 aliphatic rings. The molecule has 6 heteroatoms. The zero-order valence-corrected chi connectivity index (χ0v) is 10.2. The molecule has 0 aromatic heterocycles. The van der Waals surface area contributed by atoms with Crippen molar-refractivity contribution < 1.29 is 22.3 Å². The Kier molecular flexibility index (Phi) is 3.94. The molecular formula is C14H11F4NO. The zero-order valence-electron chi connectivity index (χ0n) is 10.2. The van der Waals surface area contributed by atoms with Crippen LogP contribution in [0.4, 0.5) is 17.6 Å².